The molecule has 0 fully saturated rings. The quantitative estimate of drug-likeness (QED) is 0.469. The van der Waals surface area contributed by atoms with Crippen LogP contribution in [0.1, 0.15) is 36.2 Å². The number of nitrogens with two attached hydrogens (primary N) is 1. The molecule has 0 saturated carbocycles. The SMILES string of the molecule is CCC(=NON)C(=O)c1ccc(CC)cc1. The van der Waals surface area contributed by atoms with Gasteiger partial charge in [0.05, 0.1) is 0 Å². The van der Waals surface area contributed by atoms with E-state index in [0.29, 0.717) is 17.7 Å². The second-order valence-corrected chi connectivity index (χ2v) is 3.38. The van der Waals surface area contributed by atoms with Crippen LogP contribution in [0.25, 0.3) is 0 Å². The third-order valence-electron chi connectivity index (χ3n) is 2.38. The van der Waals surface area contributed by atoms with Crippen molar-refractivity contribution in [1.29, 1.82) is 0 Å². The maximum absolute atomic E-state index is 11.9. The van der Waals surface area contributed by atoms with Gasteiger partial charge >= 0.3 is 0 Å². The average molecular weight is 220 g/mol. The zero-order valence-corrected chi connectivity index (χ0v) is 9.56. The van der Waals surface area contributed by atoms with Crippen molar-refractivity contribution in [3.05, 3.63) is 35.4 Å². The van der Waals surface area contributed by atoms with Crippen LogP contribution in [0.4, 0.5) is 0 Å². The fourth-order valence-electron chi connectivity index (χ4n) is 1.39. The molecule has 4 heteroatoms. The Morgan fingerprint density at radius 2 is 1.94 bits per heavy atom. The van der Waals surface area contributed by atoms with E-state index in [1.54, 1.807) is 12.1 Å². The fraction of sp³-hybridized carbons (Fsp3) is 0.333. The number of aryl methyl sites for hydroxylation is 1. The van der Waals surface area contributed by atoms with Crippen molar-refractivity contribution in [3.8, 4) is 0 Å². The van der Waals surface area contributed by atoms with Crippen LogP contribution in [0.5, 0.6) is 0 Å². The zero-order valence-electron chi connectivity index (χ0n) is 9.56. The van der Waals surface area contributed by atoms with Crippen molar-refractivity contribution in [2.24, 2.45) is 11.1 Å². The van der Waals surface area contributed by atoms with Crippen molar-refractivity contribution in [2.45, 2.75) is 26.7 Å². The van der Waals surface area contributed by atoms with E-state index in [2.05, 4.69) is 17.0 Å². The van der Waals surface area contributed by atoms with E-state index >= 15 is 0 Å². The summed E-state index contributed by atoms with van der Waals surface area (Å²) in [5, 5.41) is 3.51. The molecule has 0 heterocycles. The molecule has 0 atom stereocenters. The van der Waals surface area contributed by atoms with Crippen LogP contribution in [-0.2, 0) is 11.4 Å². The Kier molecular flexibility index (Phi) is 4.66. The molecule has 0 aliphatic carbocycles. The van der Waals surface area contributed by atoms with Crippen LogP contribution in [0.2, 0.25) is 0 Å². The number of benzene rings is 1. The number of rotatable bonds is 5. The minimum absolute atomic E-state index is 0.143. The lowest BCUT2D eigenvalue weighted by Crippen LogP contribution is -2.14. The Balaban J connectivity index is 2.91. The van der Waals surface area contributed by atoms with Gasteiger partial charge in [0.1, 0.15) is 5.71 Å². The highest BCUT2D eigenvalue weighted by Crippen LogP contribution is 2.08. The van der Waals surface area contributed by atoms with Crippen LogP contribution in [0, 0.1) is 0 Å². The first-order chi connectivity index (χ1) is 7.72. The van der Waals surface area contributed by atoms with E-state index in [4.69, 9.17) is 5.90 Å². The minimum atomic E-state index is -0.143. The van der Waals surface area contributed by atoms with Crippen molar-refractivity contribution in [3.63, 3.8) is 0 Å². The normalized spacial score (nSPS) is 11.3. The Morgan fingerprint density at radius 1 is 1.31 bits per heavy atom. The van der Waals surface area contributed by atoms with E-state index in [1.165, 1.54) is 5.56 Å². The highest BCUT2D eigenvalue weighted by Gasteiger charge is 2.12. The topological polar surface area (TPSA) is 64.7 Å². The third-order valence-corrected chi connectivity index (χ3v) is 2.38. The summed E-state index contributed by atoms with van der Waals surface area (Å²) in [5.74, 6) is 4.68. The highest BCUT2D eigenvalue weighted by atomic mass is 16.7. The molecule has 1 rings (SSSR count). The van der Waals surface area contributed by atoms with Gasteiger partial charge < -0.3 is 4.94 Å². The molecule has 0 aliphatic rings. The molecule has 0 aromatic heterocycles. The van der Waals surface area contributed by atoms with Gasteiger partial charge in [-0.05, 0) is 18.4 Å². The van der Waals surface area contributed by atoms with Gasteiger partial charge in [-0.25, -0.2) is 0 Å². The maximum atomic E-state index is 11.9. The van der Waals surface area contributed by atoms with Crippen LogP contribution in [0.15, 0.2) is 29.4 Å². The number of nitrogens with zero attached hydrogens (tertiary/aromatic N) is 1. The van der Waals surface area contributed by atoms with E-state index in [0.717, 1.165) is 6.42 Å². The van der Waals surface area contributed by atoms with Crippen molar-refractivity contribution in [2.75, 3.05) is 0 Å². The first-order valence-corrected chi connectivity index (χ1v) is 5.29. The molecule has 1 aromatic carbocycles. The van der Waals surface area contributed by atoms with Gasteiger partial charge in [-0.2, -0.15) is 0 Å². The molecule has 0 spiro atoms. The maximum Gasteiger partial charge on any atom is 0.210 e. The zero-order chi connectivity index (χ0) is 12.0. The lowest BCUT2D eigenvalue weighted by molar-refractivity contribution is 0.104. The number of carbonyl (C=O) groups excluding carboxylic acids is 1. The highest BCUT2D eigenvalue weighted by molar-refractivity contribution is 6.45. The van der Waals surface area contributed by atoms with Crippen LogP contribution in [0.3, 0.4) is 0 Å². The Hall–Kier alpha value is -1.68. The van der Waals surface area contributed by atoms with Crippen molar-refractivity contribution in [1.82, 2.24) is 0 Å². The van der Waals surface area contributed by atoms with Crippen LogP contribution in [-0.4, -0.2) is 11.5 Å². The van der Waals surface area contributed by atoms with E-state index < -0.39 is 0 Å². The summed E-state index contributed by atoms with van der Waals surface area (Å²) in [6.07, 6.45) is 1.45. The van der Waals surface area contributed by atoms with Gasteiger partial charge in [0.15, 0.2) is 0 Å². The largest absolute Gasteiger partial charge is 0.302 e. The lowest BCUT2D eigenvalue weighted by atomic mass is 10.0. The predicted molar refractivity (Wildman–Crippen MR) is 63.1 cm³/mol. The monoisotopic (exact) mass is 220 g/mol. The number of oxime groups is 1. The van der Waals surface area contributed by atoms with E-state index in [-0.39, 0.29) is 5.78 Å². The molecule has 0 radical (unpaired) electrons. The fourth-order valence-corrected chi connectivity index (χ4v) is 1.39. The second-order valence-electron chi connectivity index (χ2n) is 3.38. The molecule has 1 aromatic rings. The van der Waals surface area contributed by atoms with E-state index in [1.807, 2.05) is 19.1 Å². The molecule has 2 N–H and O–H groups in total. The van der Waals surface area contributed by atoms with Gasteiger partial charge in [-0.3, -0.25) is 4.79 Å². The number of hydrogen-bond acceptors (Lipinski definition) is 4. The smallest absolute Gasteiger partial charge is 0.210 e. The first-order valence-electron chi connectivity index (χ1n) is 5.29. The van der Waals surface area contributed by atoms with Gasteiger partial charge in [0, 0.05) is 5.56 Å². The number of Topliss-reactive ketones (excluding diaryl/α,β-unsaturated/α-hetero) is 1. The standard InChI is InChI=1S/C12H16N2O2/c1-3-9-5-7-10(8-6-9)12(15)11(4-2)14-16-13/h5-8H,3-4,13H2,1-2H3. The lowest BCUT2D eigenvalue weighted by Gasteiger charge is -2.03. The molecule has 86 valence electrons. The summed E-state index contributed by atoms with van der Waals surface area (Å²) in [4.78, 5) is 16.0. The molecule has 0 unspecified atom stereocenters. The summed E-state index contributed by atoms with van der Waals surface area (Å²) >= 11 is 0. The Bertz CT molecular complexity index is 383. The van der Waals surface area contributed by atoms with Crippen LogP contribution >= 0.6 is 0 Å². The summed E-state index contributed by atoms with van der Waals surface area (Å²) < 4.78 is 0. The Morgan fingerprint density at radius 3 is 2.38 bits per heavy atom. The van der Waals surface area contributed by atoms with Crippen molar-refractivity contribution < 1.29 is 9.73 Å². The summed E-state index contributed by atoms with van der Waals surface area (Å²) in [7, 11) is 0. The van der Waals surface area contributed by atoms with Gasteiger partial charge in [0.2, 0.25) is 5.78 Å². The van der Waals surface area contributed by atoms with Crippen LogP contribution < -0.4 is 5.90 Å². The second kappa shape index (κ2) is 6.02. The predicted octanol–water partition coefficient (Wildman–Crippen LogP) is 2.09. The number of carbonyl (C=O) groups is 1. The van der Waals surface area contributed by atoms with Gasteiger partial charge in [-0.15, -0.1) is 5.90 Å². The van der Waals surface area contributed by atoms with E-state index in [9.17, 15) is 4.79 Å². The van der Waals surface area contributed by atoms with Gasteiger partial charge in [0.25, 0.3) is 0 Å². The molecule has 4 nitrogen and oxygen atoms in total. The van der Waals surface area contributed by atoms with Crippen molar-refractivity contribution >= 4 is 11.5 Å². The minimum Gasteiger partial charge on any atom is -0.302 e. The molecular formula is C12H16N2O2. The molecular weight excluding hydrogens is 204 g/mol. The molecule has 0 saturated heterocycles. The summed E-state index contributed by atoms with van der Waals surface area (Å²) in [6.45, 7) is 3.90. The summed E-state index contributed by atoms with van der Waals surface area (Å²) in [5.41, 5.74) is 2.13. The number of hydrogen-bond donors (Lipinski definition) is 1. The molecule has 0 bridgehead atoms. The Labute approximate surface area is 95.0 Å². The molecule has 0 aliphatic heterocycles. The molecule has 0 amide bonds. The first kappa shape index (κ1) is 12.4. The average Bonchev–Trinajstić information content (AvgIpc) is 2.35. The van der Waals surface area contributed by atoms with Gasteiger partial charge in [-0.1, -0.05) is 43.3 Å². The summed E-state index contributed by atoms with van der Waals surface area (Å²) in [6, 6.07) is 7.46. The number of ketones is 1. The molecule has 16 heavy (non-hydrogen) atoms. The third kappa shape index (κ3) is 2.90.